The Morgan fingerprint density at radius 2 is 1.86 bits per heavy atom. The monoisotopic (exact) mass is 626 g/mol. The number of ether oxygens (including phenoxy) is 2. The first kappa shape index (κ1) is 32.6. The average molecular weight is 627 g/mol. The summed E-state index contributed by atoms with van der Waals surface area (Å²) in [5.41, 5.74) is 0.834. The van der Waals surface area contributed by atoms with Crippen molar-refractivity contribution in [1.29, 1.82) is 0 Å². The lowest BCUT2D eigenvalue weighted by molar-refractivity contribution is -0.117. The summed E-state index contributed by atoms with van der Waals surface area (Å²) in [5.74, 6) is -0.561. The van der Waals surface area contributed by atoms with Crippen LogP contribution in [0.15, 0.2) is 28.8 Å². The molecule has 14 heteroatoms. The van der Waals surface area contributed by atoms with Crippen molar-refractivity contribution in [3.8, 4) is 11.4 Å². The second-order valence-electron chi connectivity index (χ2n) is 11.5. The van der Waals surface area contributed by atoms with Crippen molar-refractivity contribution in [2.24, 2.45) is 5.92 Å². The Morgan fingerprint density at radius 1 is 1.14 bits per heavy atom. The lowest BCUT2D eigenvalue weighted by atomic mass is 9.87. The molecule has 1 aromatic carbocycles. The van der Waals surface area contributed by atoms with Crippen molar-refractivity contribution >= 4 is 40.3 Å². The number of hydrogen-bond acceptors (Lipinski definition) is 11. The molecule has 1 aliphatic heterocycles. The number of nitrogens with zero attached hydrogens (tertiary/aromatic N) is 4. The molecule has 2 N–H and O–H groups in total. The molecule has 1 saturated heterocycles. The predicted molar refractivity (Wildman–Crippen MR) is 162 cm³/mol. The molecule has 0 aliphatic carbocycles. The molecular weight excluding hydrogens is 588 g/mol. The molecule has 13 nitrogen and oxygen atoms in total. The van der Waals surface area contributed by atoms with Gasteiger partial charge in [0, 0.05) is 43.6 Å². The van der Waals surface area contributed by atoms with Crippen molar-refractivity contribution in [2.45, 2.75) is 72.4 Å². The molecule has 4 rings (SSSR count). The van der Waals surface area contributed by atoms with Gasteiger partial charge in [-0.3, -0.25) is 9.59 Å². The molecule has 3 aromatic rings. The van der Waals surface area contributed by atoms with E-state index in [2.05, 4.69) is 25.8 Å². The highest BCUT2D eigenvalue weighted by Crippen LogP contribution is 2.27. The fraction of sp³-hybridized carbons (Fsp3) is 0.500. The molecule has 1 atom stereocenters. The maximum Gasteiger partial charge on any atom is 0.410 e. The van der Waals surface area contributed by atoms with Crippen LogP contribution in [0.2, 0.25) is 0 Å². The lowest BCUT2D eigenvalue weighted by Gasteiger charge is -2.36. The molecule has 1 aliphatic rings. The van der Waals surface area contributed by atoms with Crippen LogP contribution in [0, 0.1) is 19.8 Å². The summed E-state index contributed by atoms with van der Waals surface area (Å²) in [4.78, 5) is 62.1. The molecule has 3 heterocycles. The van der Waals surface area contributed by atoms with Gasteiger partial charge in [-0.15, -0.1) is 0 Å². The zero-order chi connectivity index (χ0) is 32.0. The third-order valence-electron chi connectivity index (χ3n) is 6.90. The normalized spacial score (nSPS) is 14.5. The molecule has 236 valence electrons. The highest BCUT2D eigenvalue weighted by Gasteiger charge is 2.33. The Bertz CT molecular complexity index is 1500. The Morgan fingerprint density at radius 3 is 2.50 bits per heavy atom. The summed E-state index contributed by atoms with van der Waals surface area (Å²) in [6.45, 7) is 11.6. The highest BCUT2D eigenvalue weighted by atomic mass is 32.1. The van der Waals surface area contributed by atoms with Gasteiger partial charge in [-0.2, -0.15) is 4.98 Å². The van der Waals surface area contributed by atoms with E-state index in [1.165, 1.54) is 0 Å². The van der Waals surface area contributed by atoms with Crippen LogP contribution in [0.1, 0.15) is 78.6 Å². The summed E-state index contributed by atoms with van der Waals surface area (Å²) in [5, 5.41) is 10.0. The minimum Gasteiger partial charge on any atom is -0.462 e. The fourth-order valence-electron chi connectivity index (χ4n) is 4.82. The van der Waals surface area contributed by atoms with E-state index in [4.69, 9.17) is 14.0 Å². The molecule has 1 unspecified atom stereocenters. The van der Waals surface area contributed by atoms with Crippen LogP contribution in [0.25, 0.3) is 11.4 Å². The summed E-state index contributed by atoms with van der Waals surface area (Å²) in [6.07, 6.45) is 0.686. The first-order valence-electron chi connectivity index (χ1n) is 14.5. The minimum atomic E-state index is -0.613. The number of benzene rings is 1. The van der Waals surface area contributed by atoms with Gasteiger partial charge >= 0.3 is 12.1 Å². The number of carbonyl (C=O) groups excluding carboxylic acids is 4. The molecule has 2 aromatic heterocycles. The van der Waals surface area contributed by atoms with Gasteiger partial charge in [0.25, 0.3) is 5.91 Å². The van der Waals surface area contributed by atoms with Crippen LogP contribution in [0.5, 0.6) is 0 Å². The summed E-state index contributed by atoms with van der Waals surface area (Å²) in [7, 11) is 0. The third kappa shape index (κ3) is 8.62. The quantitative estimate of drug-likeness (QED) is 0.316. The van der Waals surface area contributed by atoms with Gasteiger partial charge in [-0.05, 0) is 65.5 Å². The van der Waals surface area contributed by atoms with E-state index in [1.807, 2.05) is 20.8 Å². The standard InChI is InChI=1S/C30H38N6O7S/c1-7-41-27(39)24-17(2)31-28(44-24)34-23(37)16-22(19-11-13-36(14-12-19)29(40)42-30(4,5)6)33-26(38)21-10-8-9-20(15-21)25-32-18(3)43-35-25/h8-10,15,19,22H,7,11-14,16H2,1-6H3,(H,33,38)(H,31,34,37). The largest absolute Gasteiger partial charge is 0.462 e. The minimum absolute atomic E-state index is 0.0417. The molecule has 0 radical (unpaired) electrons. The van der Waals surface area contributed by atoms with E-state index in [0.29, 0.717) is 59.3 Å². The summed E-state index contributed by atoms with van der Waals surface area (Å²) < 4.78 is 15.7. The topological polar surface area (TPSA) is 166 Å². The Labute approximate surface area is 259 Å². The number of nitrogens with one attached hydrogen (secondary N) is 2. The van der Waals surface area contributed by atoms with Crippen LogP contribution in [-0.2, 0) is 14.3 Å². The number of esters is 1. The Hall–Kier alpha value is -4.33. The number of anilines is 1. The fourth-order valence-corrected chi connectivity index (χ4v) is 5.70. The molecule has 0 spiro atoms. The maximum atomic E-state index is 13.5. The van der Waals surface area contributed by atoms with E-state index in [0.717, 1.165) is 11.3 Å². The van der Waals surface area contributed by atoms with Crippen LogP contribution < -0.4 is 10.6 Å². The maximum absolute atomic E-state index is 13.5. The number of amides is 3. The molecule has 44 heavy (non-hydrogen) atoms. The van der Waals surface area contributed by atoms with Crippen molar-refractivity contribution in [1.82, 2.24) is 25.3 Å². The van der Waals surface area contributed by atoms with E-state index in [-0.39, 0.29) is 42.0 Å². The van der Waals surface area contributed by atoms with Crippen LogP contribution in [0.3, 0.4) is 0 Å². The number of piperidine rings is 1. The molecular formula is C30H38N6O7S. The number of rotatable bonds is 9. The van der Waals surface area contributed by atoms with Crippen LogP contribution in [0.4, 0.5) is 9.93 Å². The Balaban J connectivity index is 1.49. The number of likely N-dealkylation sites (tertiary alicyclic amines) is 1. The van der Waals surface area contributed by atoms with E-state index >= 15 is 0 Å². The summed E-state index contributed by atoms with van der Waals surface area (Å²) >= 11 is 1.04. The van der Waals surface area contributed by atoms with Gasteiger partial charge in [0.05, 0.1) is 12.3 Å². The Kier molecular flexibility index (Phi) is 10.3. The predicted octanol–water partition coefficient (Wildman–Crippen LogP) is 4.76. The SMILES string of the molecule is CCOC(=O)c1sc(NC(=O)CC(NC(=O)c2cccc(-c3noc(C)n3)c2)C2CCN(C(=O)OC(C)(C)C)CC2)nc1C. The van der Waals surface area contributed by atoms with E-state index in [1.54, 1.807) is 49.9 Å². The summed E-state index contributed by atoms with van der Waals surface area (Å²) in [6, 6.07) is 6.28. The number of carbonyl (C=O) groups is 4. The van der Waals surface area contributed by atoms with Crippen molar-refractivity contribution in [3.05, 3.63) is 46.3 Å². The second kappa shape index (κ2) is 14.0. The van der Waals surface area contributed by atoms with Crippen molar-refractivity contribution in [3.63, 3.8) is 0 Å². The highest BCUT2D eigenvalue weighted by molar-refractivity contribution is 7.17. The molecule has 1 fully saturated rings. The van der Waals surface area contributed by atoms with E-state index < -0.39 is 17.6 Å². The van der Waals surface area contributed by atoms with Crippen molar-refractivity contribution in [2.75, 3.05) is 25.0 Å². The third-order valence-corrected chi connectivity index (χ3v) is 7.95. The van der Waals surface area contributed by atoms with Gasteiger partial charge in [-0.1, -0.05) is 28.6 Å². The smallest absolute Gasteiger partial charge is 0.410 e. The molecule has 3 amide bonds. The first-order chi connectivity index (χ1) is 20.8. The van der Waals surface area contributed by atoms with Gasteiger partial charge in [-0.25, -0.2) is 14.6 Å². The van der Waals surface area contributed by atoms with Gasteiger partial charge in [0.15, 0.2) is 5.13 Å². The second-order valence-corrected chi connectivity index (χ2v) is 12.5. The number of thiazole rings is 1. The number of hydrogen-bond donors (Lipinski definition) is 2. The first-order valence-corrected chi connectivity index (χ1v) is 15.3. The van der Waals surface area contributed by atoms with Crippen molar-refractivity contribution < 1.29 is 33.2 Å². The zero-order valence-electron chi connectivity index (χ0n) is 25.8. The average Bonchev–Trinajstić information content (AvgIpc) is 3.56. The molecule has 0 saturated carbocycles. The molecule has 0 bridgehead atoms. The van der Waals surface area contributed by atoms with Gasteiger partial charge in [0.2, 0.25) is 17.6 Å². The van der Waals surface area contributed by atoms with Gasteiger partial charge < -0.3 is 29.5 Å². The number of aromatic nitrogens is 3. The number of aryl methyl sites for hydroxylation is 2. The van der Waals surface area contributed by atoms with E-state index in [9.17, 15) is 19.2 Å². The lowest BCUT2D eigenvalue weighted by Crippen LogP contribution is -2.48. The van der Waals surface area contributed by atoms with Crippen LogP contribution >= 0.6 is 11.3 Å². The zero-order valence-corrected chi connectivity index (χ0v) is 26.6. The van der Waals surface area contributed by atoms with Crippen LogP contribution in [-0.4, -0.2) is 75.2 Å². The van der Waals surface area contributed by atoms with Gasteiger partial charge in [0.1, 0.15) is 10.5 Å².